The first-order chi connectivity index (χ1) is 26.0. The number of hydrogen-bond acceptors (Lipinski definition) is 1. The average Bonchev–Trinajstić information content (AvgIpc) is 3.92. The van der Waals surface area contributed by atoms with Gasteiger partial charge in [0.15, 0.2) is 0 Å². The van der Waals surface area contributed by atoms with Crippen molar-refractivity contribution >= 4 is 17.1 Å². The Hall–Kier alpha value is -4.10. The van der Waals surface area contributed by atoms with E-state index in [4.69, 9.17) is 0 Å². The first-order valence-corrected chi connectivity index (χ1v) is 21.4. The lowest BCUT2D eigenvalue weighted by molar-refractivity contribution is 0.420. The summed E-state index contributed by atoms with van der Waals surface area (Å²) in [4.78, 5) is 2.60. The largest absolute Gasteiger partial charge is 0.310 e. The molecule has 4 fully saturated rings. The van der Waals surface area contributed by atoms with Crippen molar-refractivity contribution < 1.29 is 0 Å². The molecule has 270 valence electrons. The summed E-state index contributed by atoms with van der Waals surface area (Å²) in [7, 11) is 0. The van der Waals surface area contributed by atoms with Crippen molar-refractivity contribution in [2.75, 3.05) is 4.90 Å². The lowest BCUT2D eigenvalue weighted by atomic mass is 9.81. The molecule has 0 amide bonds. The van der Waals surface area contributed by atoms with E-state index in [-0.39, 0.29) is 5.41 Å². The molecule has 3 atom stereocenters. The van der Waals surface area contributed by atoms with Gasteiger partial charge < -0.3 is 4.90 Å². The Morgan fingerprint density at radius 3 is 1.91 bits per heavy atom. The fraction of sp³-hybridized carbons (Fsp3) is 0.423. The number of benzene rings is 5. The van der Waals surface area contributed by atoms with Crippen LogP contribution in [0.3, 0.4) is 0 Å². The molecule has 1 heteroatoms. The lowest BCUT2D eigenvalue weighted by Crippen LogP contribution is -2.18. The number of rotatable bonds is 7. The fourth-order valence-corrected chi connectivity index (χ4v) is 11.8. The summed E-state index contributed by atoms with van der Waals surface area (Å²) in [6.45, 7) is 4.87. The molecule has 0 heterocycles. The van der Waals surface area contributed by atoms with Gasteiger partial charge in [0, 0.05) is 22.5 Å². The maximum Gasteiger partial charge on any atom is 0.0496 e. The molecule has 2 bridgehead atoms. The molecule has 10 rings (SSSR count). The summed E-state index contributed by atoms with van der Waals surface area (Å²) in [5.41, 5.74) is 16.8. The van der Waals surface area contributed by atoms with Crippen LogP contribution in [0.4, 0.5) is 17.1 Å². The van der Waals surface area contributed by atoms with Crippen LogP contribution in [0.5, 0.6) is 0 Å². The zero-order valence-electron chi connectivity index (χ0n) is 32.1. The van der Waals surface area contributed by atoms with Gasteiger partial charge in [-0.3, -0.25) is 0 Å². The second kappa shape index (κ2) is 13.6. The molecule has 4 saturated carbocycles. The standard InChI is InChI=1S/C52H57N/c1-52(2)49-30-25-41(38-21-19-37(20-22-38)36-11-5-3-6-12-36)33-48(49)46-29-28-44(34-50(46)52)53(51-16-10-9-15-45(51)39-13-7-4-8-14-39)43-26-23-40(24-27-43)47-32-35-17-18-42(47)31-35/h9-10,15-16,19-30,33-36,39,42,47H,3-8,11-14,17-18,31-32H2,1-2H3. The van der Waals surface area contributed by atoms with Crippen molar-refractivity contribution in [2.45, 2.75) is 127 Å². The summed E-state index contributed by atoms with van der Waals surface area (Å²) in [6, 6.07) is 43.4. The normalized spacial score (nSPS) is 23.5. The van der Waals surface area contributed by atoms with E-state index in [1.54, 1.807) is 5.56 Å². The molecule has 5 aromatic carbocycles. The minimum Gasteiger partial charge on any atom is -0.310 e. The van der Waals surface area contributed by atoms with Crippen LogP contribution in [0.1, 0.15) is 149 Å². The van der Waals surface area contributed by atoms with Crippen LogP contribution < -0.4 is 4.90 Å². The second-order valence-electron chi connectivity index (χ2n) is 18.2. The highest BCUT2D eigenvalue weighted by Crippen LogP contribution is 2.54. The van der Waals surface area contributed by atoms with Crippen LogP contribution in [0, 0.1) is 11.8 Å². The van der Waals surface area contributed by atoms with Crippen LogP contribution in [0.25, 0.3) is 22.3 Å². The van der Waals surface area contributed by atoms with E-state index in [0.717, 1.165) is 23.7 Å². The van der Waals surface area contributed by atoms with Gasteiger partial charge >= 0.3 is 0 Å². The molecule has 5 aliphatic carbocycles. The molecule has 3 unspecified atom stereocenters. The number of para-hydroxylation sites is 1. The zero-order chi connectivity index (χ0) is 35.5. The Kier molecular flexibility index (Phi) is 8.61. The molecular formula is C52H57N. The highest BCUT2D eigenvalue weighted by molar-refractivity contribution is 5.88. The van der Waals surface area contributed by atoms with E-state index in [0.29, 0.717) is 5.92 Å². The summed E-state index contributed by atoms with van der Waals surface area (Å²) in [6.07, 6.45) is 19.3. The van der Waals surface area contributed by atoms with E-state index in [1.165, 1.54) is 151 Å². The van der Waals surface area contributed by atoms with Gasteiger partial charge in [-0.15, -0.1) is 0 Å². The van der Waals surface area contributed by atoms with Gasteiger partial charge in [-0.25, -0.2) is 0 Å². The first kappa shape index (κ1) is 33.5. The van der Waals surface area contributed by atoms with Crippen LogP contribution >= 0.6 is 0 Å². The van der Waals surface area contributed by atoms with Crippen molar-refractivity contribution in [3.63, 3.8) is 0 Å². The minimum atomic E-state index is -0.0791. The van der Waals surface area contributed by atoms with Crippen LogP contribution in [-0.4, -0.2) is 0 Å². The number of fused-ring (bicyclic) bond motifs is 5. The van der Waals surface area contributed by atoms with Gasteiger partial charge in [-0.2, -0.15) is 0 Å². The van der Waals surface area contributed by atoms with E-state index >= 15 is 0 Å². The molecule has 0 spiro atoms. The molecule has 0 N–H and O–H groups in total. The smallest absolute Gasteiger partial charge is 0.0496 e. The average molecular weight is 696 g/mol. The highest BCUT2D eigenvalue weighted by atomic mass is 15.1. The summed E-state index contributed by atoms with van der Waals surface area (Å²) < 4.78 is 0. The van der Waals surface area contributed by atoms with E-state index in [2.05, 4.69) is 128 Å². The van der Waals surface area contributed by atoms with Gasteiger partial charge in [0.05, 0.1) is 0 Å². The predicted molar refractivity (Wildman–Crippen MR) is 224 cm³/mol. The summed E-state index contributed by atoms with van der Waals surface area (Å²) in [5.74, 6) is 3.99. The van der Waals surface area contributed by atoms with Gasteiger partial charge in [0.1, 0.15) is 0 Å². The molecule has 5 aromatic rings. The molecule has 0 aromatic heterocycles. The Labute approximate surface area is 318 Å². The Morgan fingerprint density at radius 2 is 1.19 bits per heavy atom. The number of anilines is 3. The quantitative estimate of drug-likeness (QED) is 0.164. The topological polar surface area (TPSA) is 3.24 Å². The van der Waals surface area contributed by atoms with Crippen molar-refractivity contribution in [2.24, 2.45) is 11.8 Å². The Bertz CT molecular complexity index is 2090. The third-order valence-corrected chi connectivity index (χ3v) is 14.8. The molecule has 0 radical (unpaired) electrons. The van der Waals surface area contributed by atoms with Gasteiger partial charge in [0.2, 0.25) is 0 Å². The number of nitrogens with zero attached hydrogens (tertiary/aromatic N) is 1. The second-order valence-corrected chi connectivity index (χ2v) is 18.2. The summed E-state index contributed by atoms with van der Waals surface area (Å²) >= 11 is 0. The van der Waals surface area contributed by atoms with Gasteiger partial charge in [-0.05, 0) is 161 Å². The monoisotopic (exact) mass is 695 g/mol. The van der Waals surface area contributed by atoms with Crippen molar-refractivity contribution in [1.29, 1.82) is 0 Å². The Morgan fingerprint density at radius 1 is 0.509 bits per heavy atom. The molecule has 5 aliphatic rings. The van der Waals surface area contributed by atoms with Crippen LogP contribution in [-0.2, 0) is 5.41 Å². The summed E-state index contributed by atoms with van der Waals surface area (Å²) in [5, 5.41) is 0. The molecule has 53 heavy (non-hydrogen) atoms. The van der Waals surface area contributed by atoms with Gasteiger partial charge in [-0.1, -0.05) is 132 Å². The molecular weight excluding hydrogens is 639 g/mol. The minimum absolute atomic E-state index is 0.0791. The SMILES string of the molecule is CC1(C)c2ccc(-c3ccc(C4CCCCC4)cc3)cc2-c2ccc(N(c3ccc(C4CC5CCC4C5)cc3)c3ccccc3C3CCCCC3)cc21. The predicted octanol–water partition coefficient (Wildman–Crippen LogP) is 15.1. The first-order valence-electron chi connectivity index (χ1n) is 21.4. The van der Waals surface area contributed by atoms with E-state index < -0.39 is 0 Å². The fourth-order valence-electron chi connectivity index (χ4n) is 11.8. The zero-order valence-corrected chi connectivity index (χ0v) is 32.1. The third-order valence-electron chi connectivity index (χ3n) is 14.8. The molecule has 0 saturated heterocycles. The van der Waals surface area contributed by atoms with Crippen molar-refractivity contribution in [3.05, 3.63) is 137 Å². The van der Waals surface area contributed by atoms with E-state index in [1.807, 2.05) is 0 Å². The lowest BCUT2D eigenvalue weighted by Gasteiger charge is -2.33. The van der Waals surface area contributed by atoms with Crippen molar-refractivity contribution in [1.82, 2.24) is 0 Å². The van der Waals surface area contributed by atoms with Crippen LogP contribution in [0.2, 0.25) is 0 Å². The highest BCUT2D eigenvalue weighted by Gasteiger charge is 2.40. The number of hydrogen-bond donors (Lipinski definition) is 0. The molecule has 0 aliphatic heterocycles. The molecule has 1 nitrogen and oxygen atoms in total. The maximum atomic E-state index is 2.60. The van der Waals surface area contributed by atoms with Gasteiger partial charge in [0.25, 0.3) is 0 Å². The third kappa shape index (κ3) is 5.98. The van der Waals surface area contributed by atoms with Crippen LogP contribution in [0.15, 0.2) is 109 Å². The van der Waals surface area contributed by atoms with E-state index in [9.17, 15) is 0 Å². The maximum absolute atomic E-state index is 2.60. The van der Waals surface area contributed by atoms with Crippen molar-refractivity contribution in [3.8, 4) is 22.3 Å². The Balaban J connectivity index is 1.03.